The quantitative estimate of drug-likeness (QED) is 0.186. The summed E-state index contributed by atoms with van der Waals surface area (Å²) in [7, 11) is -3.70. The number of carbonyl (C=O) groups excluding carboxylic acids is 2. The van der Waals surface area contributed by atoms with E-state index in [1.807, 2.05) is 6.07 Å². The number of nitrogens with zero attached hydrogens (tertiary/aromatic N) is 1. The lowest BCUT2D eigenvalue weighted by Crippen LogP contribution is -2.59. The molecule has 2 aliphatic heterocycles. The van der Waals surface area contributed by atoms with Crippen LogP contribution in [0.5, 0.6) is 0 Å². The van der Waals surface area contributed by atoms with Crippen LogP contribution < -0.4 is 21.1 Å². The number of thioether (sulfide) groups is 1. The summed E-state index contributed by atoms with van der Waals surface area (Å²) in [4.78, 5) is 27.2. The number of guanidine groups is 1. The number of carbonyl (C=O) groups is 2. The zero-order valence-electron chi connectivity index (χ0n) is 17.0. The molecule has 3 rings (SSSR count). The second-order valence-corrected chi connectivity index (χ2v) is 10.5. The van der Waals surface area contributed by atoms with Gasteiger partial charge in [0.15, 0.2) is 5.96 Å². The highest BCUT2D eigenvalue weighted by atomic mass is 32.2. The molecule has 2 aliphatic rings. The van der Waals surface area contributed by atoms with E-state index >= 15 is 0 Å². The topological polar surface area (TPSA) is 157 Å². The first-order valence-corrected chi connectivity index (χ1v) is 12.8. The number of hydrogen-bond acceptors (Lipinski definition) is 6. The Kier molecular flexibility index (Phi) is 7.79. The van der Waals surface area contributed by atoms with Crippen molar-refractivity contribution in [2.24, 2.45) is 5.73 Å². The first kappa shape index (κ1) is 23.4. The molecule has 170 valence electrons. The Morgan fingerprint density at radius 1 is 1.19 bits per heavy atom. The second-order valence-electron chi connectivity index (χ2n) is 7.53. The number of piperidine rings is 1. The van der Waals surface area contributed by atoms with Gasteiger partial charge in [-0.2, -0.15) is 0 Å². The van der Waals surface area contributed by atoms with Crippen molar-refractivity contribution in [2.45, 2.75) is 42.5 Å². The van der Waals surface area contributed by atoms with Gasteiger partial charge >= 0.3 is 0 Å². The Morgan fingerprint density at radius 2 is 1.90 bits per heavy atom. The second kappa shape index (κ2) is 10.3. The molecule has 0 radical (unpaired) electrons. The van der Waals surface area contributed by atoms with E-state index in [-0.39, 0.29) is 28.9 Å². The highest BCUT2D eigenvalue weighted by Gasteiger charge is 2.47. The van der Waals surface area contributed by atoms with E-state index in [1.54, 1.807) is 36.0 Å². The van der Waals surface area contributed by atoms with Crippen LogP contribution in [0.2, 0.25) is 0 Å². The van der Waals surface area contributed by atoms with Crippen LogP contribution in [-0.2, 0) is 25.4 Å². The first-order chi connectivity index (χ1) is 14.8. The Labute approximate surface area is 186 Å². The molecule has 31 heavy (non-hydrogen) atoms. The fourth-order valence-electron chi connectivity index (χ4n) is 3.70. The molecule has 0 spiro atoms. The minimum Gasteiger partial charge on any atom is -0.370 e. The molecule has 2 amide bonds. The average Bonchev–Trinajstić information content (AvgIpc) is 3.15. The Hall–Kier alpha value is -2.31. The number of amides is 2. The SMILES string of the molecule is N=C(N)NCCCNC(=O)C1CSC2CCC(NS(=O)(=O)Cc3ccccc3)C(=O)N21. The smallest absolute Gasteiger partial charge is 0.243 e. The molecule has 0 bridgehead atoms. The van der Waals surface area contributed by atoms with Gasteiger partial charge in [0.05, 0.1) is 11.1 Å². The molecular weight excluding hydrogens is 440 g/mol. The highest BCUT2D eigenvalue weighted by Crippen LogP contribution is 2.36. The molecule has 3 atom stereocenters. The molecular formula is C19H28N6O4S2. The van der Waals surface area contributed by atoms with Gasteiger partial charge in [-0.25, -0.2) is 13.1 Å². The largest absolute Gasteiger partial charge is 0.370 e. The van der Waals surface area contributed by atoms with Crippen molar-refractivity contribution in [3.8, 4) is 0 Å². The van der Waals surface area contributed by atoms with Gasteiger partial charge in [-0.15, -0.1) is 11.8 Å². The van der Waals surface area contributed by atoms with E-state index in [2.05, 4.69) is 15.4 Å². The van der Waals surface area contributed by atoms with E-state index in [9.17, 15) is 18.0 Å². The third-order valence-corrected chi connectivity index (χ3v) is 7.85. The van der Waals surface area contributed by atoms with E-state index in [4.69, 9.17) is 11.1 Å². The van der Waals surface area contributed by atoms with E-state index in [0.29, 0.717) is 43.7 Å². The van der Waals surface area contributed by atoms with Gasteiger partial charge in [-0.05, 0) is 24.8 Å². The lowest BCUT2D eigenvalue weighted by molar-refractivity contribution is -0.143. The van der Waals surface area contributed by atoms with Crippen molar-refractivity contribution < 1.29 is 18.0 Å². The zero-order chi connectivity index (χ0) is 22.4. The summed E-state index contributed by atoms with van der Waals surface area (Å²) in [5.74, 6) is -0.442. The maximum Gasteiger partial charge on any atom is 0.243 e. The predicted molar refractivity (Wildman–Crippen MR) is 120 cm³/mol. The Balaban J connectivity index is 1.56. The molecule has 3 unspecified atom stereocenters. The van der Waals surface area contributed by atoms with Crippen molar-refractivity contribution in [3.05, 3.63) is 35.9 Å². The number of benzene rings is 1. The van der Waals surface area contributed by atoms with Crippen LogP contribution >= 0.6 is 11.8 Å². The number of nitrogens with one attached hydrogen (secondary N) is 4. The van der Waals surface area contributed by atoms with E-state index in [1.165, 1.54) is 4.90 Å². The van der Waals surface area contributed by atoms with Gasteiger partial charge in [0.2, 0.25) is 21.8 Å². The van der Waals surface area contributed by atoms with Gasteiger partial charge in [0.1, 0.15) is 12.1 Å². The molecule has 2 saturated heterocycles. The van der Waals surface area contributed by atoms with Crippen molar-refractivity contribution >= 4 is 39.6 Å². The predicted octanol–water partition coefficient (Wildman–Crippen LogP) is -0.472. The fourth-order valence-corrected chi connectivity index (χ4v) is 6.50. The monoisotopic (exact) mass is 468 g/mol. The van der Waals surface area contributed by atoms with Gasteiger partial charge < -0.3 is 21.3 Å². The third kappa shape index (κ3) is 6.34. The summed E-state index contributed by atoms with van der Waals surface area (Å²) in [6, 6.07) is 7.31. The normalized spacial score (nSPS) is 23.3. The van der Waals surface area contributed by atoms with Crippen LogP contribution in [0, 0.1) is 5.41 Å². The van der Waals surface area contributed by atoms with Crippen LogP contribution in [0.4, 0.5) is 0 Å². The van der Waals surface area contributed by atoms with Crippen LogP contribution in [0.3, 0.4) is 0 Å². The van der Waals surface area contributed by atoms with Crippen LogP contribution in [0.25, 0.3) is 0 Å². The molecule has 2 fully saturated rings. The summed E-state index contributed by atoms with van der Waals surface area (Å²) in [6.07, 6.45) is 1.62. The summed E-state index contributed by atoms with van der Waals surface area (Å²) >= 11 is 1.55. The summed E-state index contributed by atoms with van der Waals surface area (Å²) in [6.45, 7) is 0.853. The molecule has 0 aliphatic carbocycles. The molecule has 12 heteroatoms. The number of nitrogens with two attached hydrogens (primary N) is 1. The first-order valence-electron chi connectivity index (χ1n) is 10.1. The highest BCUT2D eigenvalue weighted by molar-refractivity contribution is 8.00. The summed E-state index contributed by atoms with van der Waals surface area (Å²) in [5.41, 5.74) is 5.85. The number of rotatable bonds is 9. The van der Waals surface area contributed by atoms with Gasteiger partial charge in [-0.3, -0.25) is 15.0 Å². The van der Waals surface area contributed by atoms with Crippen molar-refractivity contribution in [2.75, 3.05) is 18.8 Å². The molecule has 10 nitrogen and oxygen atoms in total. The van der Waals surface area contributed by atoms with Crippen LogP contribution in [0.15, 0.2) is 30.3 Å². The molecule has 1 aromatic rings. The van der Waals surface area contributed by atoms with Crippen LogP contribution in [-0.4, -0.2) is 67.4 Å². The molecule has 1 aromatic carbocycles. The summed E-state index contributed by atoms with van der Waals surface area (Å²) < 4.78 is 27.7. The lowest BCUT2D eigenvalue weighted by Gasteiger charge is -2.36. The number of hydrogen-bond donors (Lipinski definition) is 5. The molecule has 2 heterocycles. The number of sulfonamides is 1. The molecule has 0 aromatic heterocycles. The molecule has 0 saturated carbocycles. The molecule has 6 N–H and O–H groups in total. The maximum absolute atomic E-state index is 13.1. The Morgan fingerprint density at radius 3 is 2.61 bits per heavy atom. The van der Waals surface area contributed by atoms with Crippen molar-refractivity contribution in [1.29, 1.82) is 5.41 Å². The van der Waals surface area contributed by atoms with E-state index < -0.39 is 22.1 Å². The maximum atomic E-state index is 13.1. The Bertz CT molecular complexity index is 911. The standard InChI is InChI=1S/C19H28N6O4S2/c20-19(21)23-10-4-9-22-17(26)15-11-30-16-8-7-14(18(27)25(15)16)24-31(28,29)12-13-5-2-1-3-6-13/h1-3,5-6,14-16,24H,4,7-12H2,(H,22,26)(H4,20,21,23). The zero-order valence-corrected chi connectivity index (χ0v) is 18.7. The van der Waals surface area contributed by atoms with Gasteiger partial charge in [-0.1, -0.05) is 30.3 Å². The lowest BCUT2D eigenvalue weighted by atomic mass is 10.0. The summed E-state index contributed by atoms with van der Waals surface area (Å²) in [5, 5.41) is 12.5. The van der Waals surface area contributed by atoms with Crippen molar-refractivity contribution in [3.63, 3.8) is 0 Å². The number of fused-ring (bicyclic) bond motifs is 1. The minimum absolute atomic E-state index is 0.113. The van der Waals surface area contributed by atoms with Gasteiger partial charge in [0, 0.05) is 18.8 Å². The fraction of sp³-hybridized carbons (Fsp3) is 0.526. The third-order valence-electron chi connectivity index (χ3n) is 5.14. The average molecular weight is 469 g/mol. The van der Waals surface area contributed by atoms with Crippen molar-refractivity contribution in [1.82, 2.24) is 20.3 Å². The van der Waals surface area contributed by atoms with Gasteiger partial charge in [0.25, 0.3) is 0 Å². The minimum atomic E-state index is -3.70. The van der Waals surface area contributed by atoms with Crippen LogP contribution in [0.1, 0.15) is 24.8 Å². The van der Waals surface area contributed by atoms with E-state index in [0.717, 1.165) is 0 Å².